The van der Waals surface area contributed by atoms with Crippen LogP contribution in [0.5, 0.6) is 5.75 Å². The van der Waals surface area contributed by atoms with Crippen LogP contribution in [0.4, 0.5) is 0 Å². The van der Waals surface area contributed by atoms with Gasteiger partial charge in [0.05, 0.1) is 19.2 Å². The van der Waals surface area contributed by atoms with Gasteiger partial charge in [-0.2, -0.15) is 4.98 Å². The second kappa shape index (κ2) is 10.1. The Morgan fingerprint density at radius 1 is 1.23 bits per heavy atom. The molecule has 0 aliphatic rings. The summed E-state index contributed by atoms with van der Waals surface area (Å²) >= 11 is 0. The number of hydrogen-bond acceptors (Lipinski definition) is 7. The maximum absolute atomic E-state index is 6.05. The van der Waals surface area contributed by atoms with E-state index in [4.69, 9.17) is 18.4 Å². The first-order valence-electron chi connectivity index (χ1n) is 10.1. The SMILES string of the molecule is CCOc1cccc2cc(C(C)NC(=NC)NCc3nc(C(C)OCC)no3)oc12. The molecule has 0 aliphatic carbocycles. The molecule has 3 rings (SSSR count). The van der Waals surface area contributed by atoms with E-state index in [-0.39, 0.29) is 12.1 Å². The smallest absolute Gasteiger partial charge is 0.246 e. The highest BCUT2D eigenvalue weighted by atomic mass is 16.5. The lowest BCUT2D eigenvalue weighted by Gasteiger charge is -2.15. The quantitative estimate of drug-likeness (QED) is 0.402. The number of aromatic nitrogens is 2. The number of furan rings is 1. The Bertz CT molecular complexity index is 981. The summed E-state index contributed by atoms with van der Waals surface area (Å²) in [5.41, 5.74) is 0.743. The van der Waals surface area contributed by atoms with Gasteiger partial charge in [0.1, 0.15) is 11.9 Å². The zero-order valence-electron chi connectivity index (χ0n) is 18.1. The molecule has 30 heavy (non-hydrogen) atoms. The molecule has 1 aromatic carbocycles. The van der Waals surface area contributed by atoms with Crippen LogP contribution in [0.1, 0.15) is 57.3 Å². The number of guanidine groups is 1. The van der Waals surface area contributed by atoms with Gasteiger partial charge in [-0.1, -0.05) is 17.3 Å². The van der Waals surface area contributed by atoms with Gasteiger partial charge in [0, 0.05) is 19.0 Å². The first kappa shape index (κ1) is 21.6. The third kappa shape index (κ3) is 5.10. The van der Waals surface area contributed by atoms with Crippen LogP contribution in [0.2, 0.25) is 0 Å². The third-order valence-electron chi connectivity index (χ3n) is 4.50. The Morgan fingerprint density at radius 2 is 2.07 bits per heavy atom. The third-order valence-corrected chi connectivity index (χ3v) is 4.50. The van der Waals surface area contributed by atoms with Crippen LogP contribution in [0.25, 0.3) is 11.0 Å². The molecule has 0 saturated heterocycles. The molecule has 2 atom stereocenters. The first-order valence-corrected chi connectivity index (χ1v) is 10.1. The molecule has 0 radical (unpaired) electrons. The maximum Gasteiger partial charge on any atom is 0.246 e. The summed E-state index contributed by atoms with van der Waals surface area (Å²) in [5, 5.41) is 11.4. The van der Waals surface area contributed by atoms with Gasteiger partial charge in [0.15, 0.2) is 23.1 Å². The molecule has 2 heterocycles. The van der Waals surface area contributed by atoms with Crippen molar-refractivity contribution in [2.75, 3.05) is 20.3 Å². The Morgan fingerprint density at radius 3 is 2.80 bits per heavy atom. The Labute approximate surface area is 175 Å². The van der Waals surface area contributed by atoms with Crippen molar-refractivity contribution in [3.63, 3.8) is 0 Å². The molecule has 0 fully saturated rings. The van der Waals surface area contributed by atoms with Crippen LogP contribution in [-0.4, -0.2) is 36.4 Å². The molecule has 162 valence electrons. The van der Waals surface area contributed by atoms with Crippen LogP contribution in [0.15, 0.2) is 38.2 Å². The Hall–Kier alpha value is -3.07. The van der Waals surface area contributed by atoms with Crippen LogP contribution < -0.4 is 15.4 Å². The van der Waals surface area contributed by atoms with E-state index >= 15 is 0 Å². The van der Waals surface area contributed by atoms with E-state index in [0.717, 1.165) is 22.5 Å². The monoisotopic (exact) mass is 415 g/mol. The maximum atomic E-state index is 6.05. The summed E-state index contributed by atoms with van der Waals surface area (Å²) in [7, 11) is 1.70. The molecular formula is C21H29N5O4. The minimum atomic E-state index is -0.209. The summed E-state index contributed by atoms with van der Waals surface area (Å²) < 4.78 is 22.5. The highest BCUT2D eigenvalue weighted by Crippen LogP contribution is 2.31. The van der Waals surface area contributed by atoms with Gasteiger partial charge in [0.25, 0.3) is 0 Å². The fourth-order valence-corrected chi connectivity index (χ4v) is 3.00. The van der Waals surface area contributed by atoms with E-state index < -0.39 is 0 Å². The molecule has 2 unspecified atom stereocenters. The van der Waals surface area contributed by atoms with Crippen LogP contribution >= 0.6 is 0 Å². The number of fused-ring (bicyclic) bond motifs is 1. The number of para-hydroxylation sites is 1. The van der Waals surface area contributed by atoms with Gasteiger partial charge in [-0.05, 0) is 39.8 Å². The van der Waals surface area contributed by atoms with Gasteiger partial charge in [-0.25, -0.2) is 0 Å². The number of nitrogens with one attached hydrogen (secondary N) is 2. The summed E-state index contributed by atoms with van der Waals surface area (Å²) in [4.78, 5) is 8.60. The molecule has 9 nitrogen and oxygen atoms in total. The fourth-order valence-electron chi connectivity index (χ4n) is 3.00. The lowest BCUT2D eigenvalue weighted by Crippen LogP contribution is -2.38. The predicted molar refractivity (Wildman–Crippen MR) is 113 cm³/mol. The lowest BCUT2D eigenvalue weighted by molar-refractivity contribution is 0.0683. The van der Waals surface area contributed by atoms with E-state index in [2.05, 4.69) is 25.8 Å². The highest BCUT2D eigenvalue weighted by molar-refractivity contribution is 5.84. The van der Waals surface area contributed by atoms with Crippen molar-refractivity contribution >= 4 is 16.9 Å². The highest BCUT2D eigenvalue weighted by Gasteiger charge is 2.17. The minimum Gasteiger partial charge on any atom is -0.490 e. The Kier molecular flexibility index (Phi) is 7.29. The largest absolute Gasteiger partial charge is 0.490 e. The van der Waals surface area contributed by atoms with Gasteiger partial charge in [-0.3, -0.25) is 4.99 Å². The molecule has 2 N–H and O–H groups in total. The van der Waals surface area contributed by atoms with Crippen molar-refractivity contribution in [3.8, 4) is 5.75 Å². The number of hydrogen-bond donors (Lipinski definition) is 2. The van der Waals surface area contributed by atoms with Crippen molar-refractivity contribution in [1.82, 2.24) is 20.8 Å². The van der Waals surface area contributed by atoms with E-state index in [9.17, 15) is 0 Å². The molecule has 0 bridgehead atoms. The normalized spacial score (nSPS) is 14.0. The first-order chi connectivity index (χ1) is 14.5. The van der Waals surface area contributed by atoms with Gasteiger partial charge >= 0.3 is 0 Å². The zero-order valence-corrected chi connectivity index (χ0v) is 18.1. The van der Waals surface area contributed by atoms with Gasteiger partial charge in [-0.15, -0.1) is 0 Å². The lowest BCUT2D eigenvalue weighted by atomic mass is 10.2. The number of benzene rings is 1. The van der Waals surface area contributed by atoms with Crippen molar-refractivity contribution in [3.05, 3.63) is 41.7 Å². The van der Waals surface area contributed by atoms with E-state index in [1.165, 1.54) is 0 Å². The second-order valence-electron chi connectivity index (χ2n) is 6.69. The van der Waals surface area contributed by atoms with Crippen LogP contribution in [0, 0.1) is 0 Å². The van der Waals surface area contributed by atoms with Crippen molar-refractivity contribution < 1.29 is 18.4 Å². The summed E-state index contributed by atoms with van der Waals surface area (Å²) in [6.07, 6.45) is -0.209. The molecule has 9 heteroatoms. The average molecular weight is 415 g/mol. The van der Waals surface area contributed by atoms with E-state index in [1.54, 1.807) is 7.05 Å². The average Bonchev–Trinajstić information content (AvgIpc) is 3.39. The minimum absolute atomic E-state index is 0.116. The molecule has 0 saturated carbocycles. The molecule has 0 spiro atoms. The van der Waals surface area contributed by atoms with Gasteiger partial charge in [0.2, 0.25) is 5.89 Å². The fraction of sp³-hybridized carbons (Fsp3) is 0.476. The molecule has 2 aromatic heterocycles. The molecule has 3 aromatic rings. The van der Waals surface area contributed by atoms with Crippen molar-refractivity contribution in [2.24, 2.45) is 4.99 Å². The van der Waals surface area contributed by atoms with Crippen molar-refractivity contribution in [2.45, 2.75) is 46.4 Å². The second-order valence-corrected chi connectivity index (χ2v) is 6.69. The number of nitrogens with zero attached hydrogens (tertiary/aromatic N) is 3. The Balaban J connectivity index is 1.62. The van der Waals surface area contributed by atoms with Crippen LogP contribution in [-0.2, 0) is 11.3 Å². The molecule has 0 amide bonds. The van der Waals surface area contributed by atoms with Gasteiger partial charge < -0.3 is 29.0 Å². The molecular weight excluding hydrogens is 386 g/mol. The summed E-state index contributed by atoms with van der Waals surface area (Å²) in [6.45, 7) is 9.28. The predicted octanol–water partition coefficient (Wildman–Crippen LogP) is 3.74. The number of rotatable bonds is 9. The standard InChI is InChI=1S/C21H29N5O4/c1-6-27-14(4)20-25-18(30-26-20)12-23-21(22-5)24-13(3)17-11-15-9-8-10-16(28-7-2)19(15)29-17/h8-11,13-14H,6-7,12H2,1-5H3,(H2,22,23,24). The van der Waals surface area contributed by atoms with Crippen molar-refractivity contribution in [1.29, 1.82) is 0 Å². The topological polar surface area (TPSA) is 107 Å². The van der Waals surface area contributed by atoms with E-state index in [1.807, 2.05) is 52.0 Å². The van der Waals surface area contributed by atoms with E-state index in [0.29, 0.717) is 37.4 Å². The number of ether oxygens (including phenoxy) is 2. The number of aliphatic imine (C=N–C) groups is 1. The molecule has 0 aliphatic heterocycles. The van der Waals surface area contributed by atoms with Crippen LogP contribution in [0.3, 0.4) is 0 Å². The zero-order chi connectivity index (χ0) is 21.5. The summed E-state index contributed by atoms with van der Waals surface area (Å²) in [5.74, 6) is 3.09. The summed E-state index contributed by atoms with van der Waals surface area (Å²) in [6, 6.07) is 7.75.